The van der Waals surface area contributed by atoms with E-state index in [-0.39, 0.29) is 0 Å². The Morgan fingerprint density at radius 1 is 1.47 bits per heavy atom. The molecule has 0 aliphatic rings. The maximum absolute atomic E-state index is 5.48. The number of aromatic nitrogens is 3. The van der Waals surface area contributed by atoms with Crippen molar-refractivity contribution in [1.82, 2.24) is 15.1 Å². The summed E-state index contributed by atoms with van der Waals surface area (Å²) in [5.74, 6) is 2.44. The van der Waals surface area contributed by atoms with Crippen LogP contribution < -0.4 is 5.73 Å². The van der Waals surface area contributed by atoms with E-state index in [0.717, 1.165) is 4.90 Å². The molecule has 6 heteroatoms. The van der Waals surface area contributed by atoms with Gasteiger partial charge in [-0.3, -0.25) is 0 Å². The van der Waals surface area contributed by atoms with Gasteiger partial charge in [0.2, 0.25) is 5.89 Å². The first kappa shape index (κ1) is 9.97. The normalized spacial score (nSPS) is 10.5. The predicted octanol–water partition coefficient (Wildman–Crippen LogP) is 1.65. The van der Waals surface area contributed by atoms with Gasteiger partial charge in [-0.05, 0) is 19.1 Å². The molecule has 0 atom stereocenters. The number of hydrogen-bond donors (Lipinski definition) is 1. The van der Waals surface area contributed by atoms with Crippen LogP contribution in [0.1, 0.15) is 11.7 Å². The van der Waals surface area contributed by atoms with E-state index in [9.17, 15) is 0 Å². The molecule has 2 N–H and O–H groups in total. The lowest BCUT2D eigenvalue weighted by Crippen LogP contribution is -1.88. The summed E-state index contributed by atoms with van der Waals surface area (Å²) >= 11 is 1.58. The van der Waals surface area contributed by atoms with Gasteiger partial charge in [0.25, 0.3) is 0 Å². The van der Waals surface area contributed by atoms with E-state index in [0.29, 0.717) is 23.3 Å². The molecule has 2 heterocycles. The zero-order chi connectivity index (χ0) is 10.7. The first-order chi connectivity index (χ1) is 7.24. The number of nitrogens with two attached hydrogens (primary N) is 1. The average molecular weight is 222 g/mol. The fourth-order valence-electron chi connectivity index (χ4n) is 1.02. The molecule has 0 fully saturated rings. The van der Waals surface area contributed by atoms with E-state index in [1.54, 1.807) is 30.9 Å². The lowest BCUT2D eigenvalue weighted by Gasteiger charge is -1.97. The Balaban J connectivity index is 1.96. The first-order valence-corrected chi connectivity index (χ1v) is 5.36. The van der Waals surface area contributed by atoms with Gasteiger partial charge in [-0.1, -0.05) is 5.16 Å². The molecule has 0 radical (unpaired) electrons. The Morgan fingerprint density at radius 2 is 2.33 bits per heavy atom. The molecule has 0 spiro atoms. The van der Waals surface area contributed by atoms with Crippen LogP contribution in [0.4, 0.5) is 5.82 Å². The molecule has 5 nitrogen and oxygen atoms in total. The maximum atomic E-state index is 5.48. The van der Waals surface area contributed by atoms with Gasteiger partial charge < -0.3 is 10.3 Å². The summed E-state index contributed by atoms with van der Waals surface area (Å²) in [7, 11) is 0. The van der Waals surface area contributed by atoms with Crippen LogP contribution in [0, 0.1) is 6.92 Å². The van der Waals surface area contributed by atoms with Gasteiger partial charge in [0.15, 0.2) is 5.82 Å². The second-order valence-corrected chi connectivity index (χ2v) is 3.99. The van der Waals surface area contributed by atoms with Gasteiger partial charge in [0.1, 0.15) is 5.82 Å². The summed E-state index contributed by atoms with van der Waals surface area (Å²) in [4.78, 5) is 9.11. The number of nitrogens with zero attached hydrogens (tertiary/aromatic N) is 3. The lowest BCUT2D eigenvalue weighted by molar-refractivity contribution is 0.387. The molecule has 0 saturated heterocycles. The first-order valence-electron chi connectivity index (χ1n) is 4.37. The lowest BCUT2D eigenvalue weighted by atomic mass is 10.5. The van der Waals surface area contributed by atoms with Crippen LogP contribution in [0.3, 0.4) is 0 Å². The van der Waals surface area contributed by atoms with Gasteiger partial charge >= 0.3 is 0 Å². The Hall–Kier alpha value is -1.56. The molecule has 0 unspecified atom stereocenters. The molecule has 0 aliphatic heterocycles. The van der Waals surface area contributed by atoms with E-state index in [1.165, 1.54) is 0 Å². The predicted molar refractivity (Wildman–Crippen MR) is 57.2 cm³/mol. The van der Waals surface area contributed by atoms with E-state index in [1.807, 2.05) is 6.07 Å². The number of anilines is 1. The molecule has 2 rings (SSSR count). The minimum atomic E-state index is 0.521. The van der Waals surface area contributed by atoms with Gasteiger partial charge in [0, 0.05) is 11.1 Å². The van der Waals surface area contributed by atoms with Crippen molar-refractivity contribution in [3.63, 3.8) is 0 Å². The van der Waals surface area contributed by atoms with Gasteiger partial charge in [-0.25, -0.2) is 4.98 Å². The van der Waals surface area contributed by atoms with Crippen molar-refractivity contribution >= 4 is 17.6 Å². The molecule has 0 saturated carbocycles. The van der Waals surface area contributed by atoms with Crippen LogP contribution in [0.25, 0.3) is 0 Å². The van der Waals surface area contributed by atoms with Crippen molar-refractivity contribution in [2.75, 3.05) is 5.73 Å². The smallest absolute Gasteiger partial charge is 0.236 e. The number of hydrogen-bond acceptors (Lipinski definition) is 6. The summed E-state index contributed by atoms with van der Waals surface area (Å²) in [6, 6.07) is 3.68. The Kier molecular flexibility index (Phi) is 2.86. The van der Waals surface area contributed by atoms with Crippen LogP contribution in [-0.2, 0) is 5.75 Å². The topological polar surface area (TPSA) is 77.8 Å². The molecule has 0 amide bonds. The third-order valence-electron chi connectivity index (χ3n) is 1.69. The highest BCUT2D eigenvalue weighted by Crippen LogP contribution is 2.21. The van der Waals surface area contributed by atoms with Crippen molar-refractivity contribution in [3.8, 4) is 0 Å². The summed E-state index contributed by atoms with van der Waals surface area (Å²) in [5.41, 5.74) is 5.48. The fourth-order valence-corrected chi connectivity index (χ4v) is 1.72. The van der Waals surface area contributed by atoms with Crippen molar-refractivity contribution in [3.05, 3.63) is 30.0 Å². The standard InChI is InChI=1S/C9H10N4OS/c1-6-12-9(14-13-6)5-15-7-2-3-8(10)11-4-7/h2-4H,5H2,1H3,(H2,10,11). The Labute approximate surface area is 91.1 Å². The molecule has 15 heavy (non-hydrogen) atoms. The number of pyridine rings is 1. The van der Waals surface area contributed by atoms with E-state index in [4.69, 9.17) is 10.3 Å². The molecule has 78 valence electrons. The van der Waals surface area contributed by atoms with Gasteiger partial charge in [-0.15, -0.1) is 11.8 Å². The minimum absolute atomic E-state index is 0.521. The third-order valence-corrected chi connectivity index (χ3v) is 2.66. The van der Waals surface area contributed by atoms with Crippen molar-refractivity contribution in [2.45, 2.75) is 17.6 Å². The molecule has 2 aromatic rings. The van der Waals surface area contributed by atoms with Crippen LogP contribution in [0.2, 0.25) is 0 Å². The van der Waals surface area contributed by atoms with Crippen LogP contribution in [-0.4, -0.2) is 15.1 Å². The second kappa shape index (κ2) is 4.31. The van der Waals surface area contributed by atoms with Crippen molar-refractivity contribution < 1.29 is 4.52 Å². The molecule has 0 aliphatic carbocycles. The minimum Gasteiger partial charge on any atom is -0.384 e. The van der Waals surface area contributed by atoms with E-state index < -0.39 is 0 Å². The highest BCUT2D eigenvalue weighted by atomic mass is 32.2. The SMILES string of the molecule is Cc1noc(CSc2ccc(N)nc2)n1. The number of aryl methyl sites for hydroxylation is 1. The zero-order valence-corrected chi connectivity index (χ0v) is 8.99. The van der Waals surface area contributed by atoms with Crippen LogP contribution >= 0.6 is 11.8 Å². The van der Waals surface area contributed by atoms with E-state index >= 15 is 0 Å². The zero-order valence-electron chi connectivity index (χ0n) is 8.17. The maximum Gasteiger partial charge on any atom is 0.236 e. The molecule has 0 aromatic carbocycles. The molecular formula is C9H10N4OS. The summed E-state index contributed by atoms with van der Waals surface area (Å²) < 4.78 is 4.98. The molecule has 0 bridgehead atoms. The Morgan fingerprint density at radius 3 is 2.93 bits per heavy atom. The number of thioether (sulfide) groups is 1. The van der Waals surface area contributed by atoms with Gasteiger partial charge in [-0.2, -0.15) is 4.98 Å². The van der Waals surface area contributed by atoms with Gasteiger partial charge in [0.05, 0.1) is 5.75 Å². The quantitative estimate of drug-likeness (QED) is 0.795. The second-order valence-electron chi connectivity index (χ2n) is 2.94. The third kappa shape index (κ3) is 2.69. The monoisotopic (exact) mass is 222 g/mol. The average Bonchev–Trinajstić information content (AvgIpc) is 2.64. The van der Waals surface area contributed by atoms with Crippen LogP contribution in [0.15, 0.2) is 27.7 Å². The van der Waals surface area contributed by atoms with Crippen molar-refractivity contribution in [2.24, 2.45) is 0 Å². The summed E-state index contributed by atoms with van der Waals surface area (Å²) in [6.45, 7) is 1.79. The number of nitrogen functional groups attached to an aromatic ring is 1. The fraction of sp³-hybridized carbons (Fsp3) is 0.222. The highest BCUT2D eigenvalue weighted by Gasteiger charge is 2.03. The van der Waals surface area contributed by atoms with Crippen LogP contribution in [0.5, 0.6) is 0 Å². The highest BCUT2D eigenvalue weighted by molar-refractivity contribution is 7.98. The number of rotatable bonds is 3. The summed E-state index contributed by atoms with van der Waals surface area (Å²) in [6.07, 6.45) is 1.73. The molecule has 2 aromatic heterocycles. The Bertz CT molecular complexity index is 440. The van der Waals surface area contributed by atoms with E-state index in [2.05, 4.69) is 15.1 Å². The van der Waals surface area contributed by atoms with Crippen molar-refractivity contribution in [1.29, 1.82) is 0 Å². The summed E-state index contributed by atoms with van der Waals surface area (Å²) in [5, 5.41) is 3.71. The largest absolute Gasteiger partial charge is 0.384 e. The molecular weight excluding hydrogens is 212 g/mol.